The Labute approximate surface area is 81.3 Å². The molecule has 1 rings (SSSR count). The number of nitrogens with two attached hydrogens (primary N) is 1. The van der Waals surface area contributed by atoms with Crippen molar-refractivity contribution < 1.29 is 4.79 Å². The molecule has 6 nitrogen and oxygen atoms in total. The number of hydrogen-bond acceptors (Lipinski definition) is 4. The van der Waals surface area contributed by atoms with Crippen molar-refractivity contribution in [1.29, 1.82) is 5.26 Å². The Morgan fingerprint density at radius 2 is 2.64 bits per heavy atom. The van der Waals surface area contributed by atoms with Crippen molar-refractivity contribution in [2.45, 2.75) is 19.4 Å². The Morgan fingerprint density at radius 1 is 1.93 bits per heavy atom. The smallest absolute Gasteiger partial charge is 0.236 e. The van der Waals surface area contributed by atoms with E-state index in [-0.39, 0.29) is 18.4 Å². The molecule has 1 atom stereocenters. The number of hydrogen-bond donors (Lipinski definition) is 2. The van der Waals surface area contributed by atoms with E-state index >= 15 is 0 Å². The summed E-state index contributed by atoms with van der Waals surface area (Å²) < 4.78 is 1.56. The van der Waals surface area contributed by atoms with Gasteiger partial charge in [0.2, 0.25) is 5.91 Å². The van der Waals surface area contributed by atoms with Gasteiger partial charge in [-0.1, -0.05) is 0 Å². The monoisotopic (exact) mass is 193 g/mol. The molecule has 0 aliphatic heterocycles. The summed E-state index contributed by atoms with van der Waals surface area (Å²) in [5, 5.41) is 12.5. The highest BCUT2D eigenvalue weighted by Crippen LogP contribution is 2.09. The van der Waals surface area contributed by atoms with Crippen LogP contribution in [0.4, 0.5) is 0 Å². The first-order valence-corrected chi connectivity index (χ1v) is 4.11. The third-order valence-corrected chi connectivity index (χ3v) is 1.82. The third-order valence-electron chi connectivity index (χ3n) is 1.82. The predicted octanol–water partition coefficient (Wildman–Crippen LogP) is -0.304. The Morgan fingerprint density at radius 3 is 3.14 bits per heavy atom. The van der Waals surface area contributed by atoms with Crippen LogP contribution < -0.4 is 11.3 Å². The molecule has 0 saturated heterocycles. The van der Waals surface area contributed by atoms with Crippen molar-refractivity contribution in [3.63, 3.8) is 0 Å². The maximum absolute atomic E-state index is 10.9. The van der Waals surface area contributed by atoms with Gasteiger partial charge in [0.25, 0.3) is 0 Å². The molecule has 14 heavy (non-hydrogen) atoms. The van der Waals surface area contributed by atoms with Gasteiger partial charge in [0.1, 0.15) is 6.07 Å². The summed E-state index contributed by atoms with van der Waals surface area (Å²) in [5.74, 6) is 4.69. The Balaban J connectivity index is 2.65. The lowest BCUT2D eigenvalue weighted by molar-refractivity contribution is -0.121. The first-order valence-electron chi connectivity index (χ1n) is 4.11. The Hall–Kier alpha value is -1.87. The lowest BCUT2D eigenvalue weighted by atomic mass is 10.2. The Bertz CT molecular complexity index is 364. The van der Waals surface area contributed by atoms with Crippen LogP contribution in [0, 0.1) is 11.3 Å². The molecule has 1 aromatic rings. The van der Waals surface area contributed by atoms with Crippen LogP contribution in [0.3, 0.4) is 0 Å². The maximum Gasteiger partial charge on any atom is 0.236 e. The van der Waals surface area contributed by atoms with Gasteiger partial charge in [0.15, 0.2) is 0 Å². The molecule has 1 aromatic heterocycles. The molecule has 0 fully saturated rings. The molecule has 0 aromatic carbocycles. The summed E-state index contributed by atoms with van der Waals surface area (Å²) in [4.78, 5) is 10.9. The maximum atomic E-state index is 10.9. The first kappa shape index (κ1) is 10.2. The van der Waals surface area contributed by atoms with Gasteiger partial charge in [0.05, 0.1) is 24.2 Å². The van der Waals surface area contributed by atoms with Crippen LogP contribution in [0.5, 0.6) is 0 Å². The van der Waals surface area contributed by atoms with Crippen LogP contribution in [0.2, 0.25) is 0 Å². The lowest BCUT2D eigenvalue weighted by Gasteiger charge is -2.09. The predicted molar refractivity (Wildman–Crippen MR) is 48.6 cm³/mol. The van der Waals surface area contributed by atoms with Crippen molar-refractivity contribution in [3.05, 3.63) is 18.0 Å². The number of nitriles is 1. The standard InChI is InChI=1S/C8H11N5O/c1-6(2-8(14)12-10)13-5-7(3-9)4-11-13/h4-6H,2,10H2,1H3,(H,12,14). The van der Waals surface area contributed by atoms with Gasteiger partial charge in [-0.05, 0) is 6.92 Å². The quantitative estimate of drug-likeness (QED) is 0.391. The minimum absolute atomic E-state index is 0.111. The van der Waals surface area contributed by atoms with E-state index in [1.807, 2.05) is 18.4 Å². The minimum atomic E-state index is -0.258. The van der Waals surface area contributed by atoms with Gasteiger partial charge < -0.3 is 0 Å². The second kappa shape index (κ2) is 4.39. The molecule has 1 heterocycles. The average molecular weight is 193 g/mol. The SMILES string of the molecule is CC(CC(=O)NN)n1cc(C#N)cn1. The van der Waals surface area contributed by atoms with Crippen molar-refractivity contribution >= 4 is 5.91 Å². The molecule has 6 heteroatoms. The van der Waals surface area contributed by atoms with Crippen molar-refractivity contribution in [1.82, 2.24) is 15.2 Å². The van der Waals surface area contributed by atoms with E-state index in [2.05, 4.69) is 5.10 Å². The van der Waals surface area contributed by atoms with E-state index in [4.69, 9.17) is 11.1 Å². The van der Waals surface area contributed by atoms with Crippen LogP contribution in [-0.2, 0) is 4.79 Å². The zero-order valence-corrected chi connectivity index (χ0v) is 7.77. The molecule has 0 bridgehead atoms. The van der Waals surface area contributed by atoms with Crippen LogP contribution in [0.25, 0.3) is 0 Å². The topological polar surface area (TPSA) is 96.7 Å². The molecule has 0 aliphatic rings. The average Bonchev–Trinajstić information content (AvgIpc) is 2.65. The normalized spacial score (nSPS) is 11.8. The fraction of sp³-hybridized carbons (Fsp3) is 0.375. The number of nitrogens with zero attached hydrogens (tertiary/aromatic N) is 3. The number of rotatable bonds is 3. The van der Waals surface area contributed by atoms with Crippen molar-refractivity contribution in [2.24, 2.45) is 5.84 Å². The molecule has 1 unspecified atom stereocenters. The fourth-order valence-corrected chi connectivity index (χ4v) is 1.06. The summed E-state index contributed by atoms with van der Waals surface area (Å²) in [5.41, 5.74) is 2.52. The third kappa shape index (κ3) is 2.31. The van der Waals surface area contributed by atoms with Gasteiger partial charge >= 0.3 is 0 Å². The summed E-state index contributed by atoms with van der Waals surface area (Å²) in [6, 6.07) is 1.85. The van der Waals surface area contributed by atoms with Crippen LogP contribution in [0.1, 0.15) is 24.9 Å². The van der Waals surface area contributed by atoms with E-state index in [0.29, 0.717) is 5.56 Å². The molecule has 1 amide bonds. The summed E-state index contributed by atoms with van der Waals surface area (Å²) in [6.07, 6.45) is 3.29. The van der Waals surface area contributed by atoms with Gasteiger partial charge in [-0.3, -0.25) is 14.9 Å². The molecule has 0 spiro atoms. The van der Waals surface area contributed by atoms with E-state index < -0.39 is 0 Å². The lowest BCUT2D eigenvalue weighted by Crippen LogP contribution is -2.31. The van der Waals surface area contributed by atoms with Crippen molar-refractivity contribution in [2.75, 3.05) is 0 Å². The van der Waals surface area contributed by atoms with Gasteiger partial charge in [0, 0.05) is 6.20 Å². The molecule has 74 valence electrons. The number of amides is 1. The van der Waals surface area contributed by atoms with Gasteiger partial charge in [-0.25, -0.2) is 5.84 Å². The number of carbonyl (C=O) groups is 1. The van der Waals surface area contributed by atoms with Crippen LogP contribution >= 0.6 is 0 Å². The Kier molecular flexibility index (Phi) is 3.20. The highest BCUT2D eigenvalue weighted by molar-refractivity contribution is 5.75. The number of carbonyl (C=O) groups excluding carboxylic acids is 1. The van der Waals surface area contributed by atoms with Crippen LogP contribution in [-0.4, -0.2) is 15.7 Å². The second-order valence-electron chi connectivity index (χ2n) is 2.94. The highest BCUT2D eigenvalue weighted by atomic mass is 16.2. The highest BCUT2D eigenvalue weighted by Gasteiger charge is 2.10. The van der Waals surface area contributed by atoms with E-state index in [1.165, 1.54) is 6.20 Å². The molecule has 3 N–H and O–H groups in total. The molecule has 0 saturated carbocycles. The summed E-state index contributed by atoms with van der Waals surface area (Å²) in [6.45, 7) is 1.82. The molecular formula is C8H11N5O. The van der Waals surface area contributed by atoms with Crippen LogP contribution in [0.15, 0.2) is 12.4 Å². The number of aromatic nitrogens is 2. The summed E-state index contributed by atoms with van der Waals surface area (Å²) in [7, 11) is 0. The number of hydrazine groups is 1. The molecular weight excluding hydrogens is 182 g/mol. The summed E-state index contributed by atoms with van der Waals surface area (Å²) >= 11 is 0. The van der Waals surface area contributed by atoms with Crippen molar-refractivity contribution in [3.8, 4) is 6.07 Å². The first-order chi connectivity index (χ1) is 6.67. The zero-order valence-electron chi connectivity index (χ0n) is 7.77. The number of nitrogens with one attached hydrogen (secondary N) is 1. The van der Waals surface area contributed by atoms with E-state index in [1.54, 1.807) is 10.9 Å². The molecule has 0 aliphatic carbocycles. The largest absolute Gasteiger partial charge is 0.294 e. The van der Waals surface area contributed by atoms with E-state index in [9.17, 15) is 4.79 Å². The zero-order chi connectivity index (χ0) is 10.6. The van der Waals surface area contributed by atoms with Gasteiger partial charge in [-0.15, -0.1) is 0 Å². The van der Waals surface area contributed by atoms with Gasteiger partial charge in [-0.2, -0.15) is 10.4 Å². The van der Waals surface area contributed by atoms with E-state index in [0.717, 1.165) is 0 Å². The second-order valence-corrected chi connectivity index (χ2v) is 2.94. The molecule has 0 radical (unpaired) electrons. The minimum Gasteiger partial charge on any atom is -0.294 e. The fourth-order valence-electron chi connectivity index (χ4n) is 1.06.